The molecule has 1 aromatic heterocycles. The lowest BCUT2D eigenvalue weighted by molar-refractivity contribution is 0.123. The van der Waals surface area contributed by atoms with E-state index in [4.69, 9.17) is 0 Å². The molecule has 0 aromatic carbocycles. The summed E-state index contributed by atoms with van der Waals surface area (Å²) in [5, 5.41) is 7.86. The molecule has 2 fully saturated rings. The largest absolute Gasteiger partial charge is 0.317 e. The van der Waals surface area contributed by atoms with Crippen molar-refractivity contribution in [3.63, 3.8) is 0 Å². The van der Waals surface area contributed by atoms with Gasteiger partial charge in [-0.15, -0.1) is 0 Å². The zero-order chi connectivity index (χ0) is 13.8. The molecule has 3 rings (SSSR count). The molecule has 4 nitrogen and oxygen atoms in total. The molecule has 0 bridgehead atoms. The molecular formula is C16H28N4. The van der Waals surface area contributed by atoms with Gasteiger partial charge in [0.15, 0.2) is 0 Å². The quantitative estimate of drug-likeness (QED) is 0.914. The first-order chi connectivity index (χ1) is 9.86. The van der Waals surface area contributed by atoms with Crippen LogP contribution in [-0.2, 0) is 13.1 Å². The molecule has 1 N–H and O–H groups in total. The van der Waals surface area contributed by atoms with Gasteiger partial charge in [-0.05, 0) is 76.7 Å². The first kappa shape index (κ1) is 14.1. The Hall–Kier alpha value is -0.870. The van der Waals surface area contributed by atoms with Crippen LogP contribution in [0.1, 0.15) is 38.3 Å². The molecule has 20 heavy (non-hydrogen) atoms. The van der Waals surface area contributed by atoms with Crippen molar-refractivity contribution in [2.45, 2.75) is 45.7 Å². The fraction of sp³-hybridized carbons (Fsp3) is 0.812. The highest BCUT2D eigenvalue weighted by Crippen LogP contribution is 2.31. The summed E-state index contributed by atoms with van der Waals surface area (Å²) in [5.41, 5.74) is 1.37. The van der Waals surface area contributed by atoms with Crippen molar-refractivity contribution in [1.82, 2.24) is 20.0 Å². The number of hydrogen-bond acceptors (Lipinski definition) is 3. The van der Waals surface area contributed by atoms with E-state index in [0.29, 0.717) is 0 Å². The average Bonchev–Trinajstić information content (AvgIpc) is 2.96. The Bertz CT molecular complexity index is 400. The van der Waals surface area contributed by atoms with Gasteiger partial charge in [0, 0.05) is 19.3 Å². The maximum Gasteiger partial charge on any atom is 0.0524 e. The van der Waals surface area contributed by atoms with Gasteiger partial charge >= 0.3 is 0 Å². The van der Waals surface area contributed by atoms with Crippen LogP contribution in [0.15, 0.2) is 12.3 Å². The average molecular weight is 276 g/mol. The van der Waals surface area contributed by atoms with Crippen molar-refractivity contribution >= 4 is 0 Å². The molecule has 2 aliphatic heterocycles. The molecule has 0 amide bonds. The van der Waals surface area contributed by atoms with Crippen LogP contribution in [0.25, 0.3) is 0 Å². The standard InChI is InChI=1S/C16H28N4/c1-2-20-16(5-10-18-20)13-19-11-6-15(7-12-19)14-3-8-17-9-4-14/h5,10,14-15,17H,2-4,6-9,11-13H2,1H3. The van der Waals surface area contributed by atoms with Crippen molar-refractivity contribution in [3.05, 3.63) is 18.0 Å². The van der Waals surface area contributed by atoms with Crippen LogP contribution < -0.4 is 5.32 Å². The van der Waals surface area contributed by atoms with Crippen LogP contribution in [0, 0.1) is 11.8 Å². The molecule has 4 heteroatoms. The second-order valence-electron chi connectivity index (χ2n) is 6.34. The molecule has 3 heterocycles. The smallest absolute Gasteiger partial charge is 0.0524 e. The van der Waals surface area contributed by atoms with E-state index in [2.05, 4.69) is 33.0 Å². The first-order valence-corrected chi connectivity index (χ1v) is 8.30. The lowest BCUT2D eigenvalue weighted by Gasteiger charge is -2.37. The lowest BCUT2D eigenvalue weighted by Crippen LogP contribution is -2.39. The number of nitrogens with one attached hydrogen (secondary N) is 1. The third kappa shape index (κ3) is 3.23. The first-order valence-electron chi connectivity index (χ1n) is 8.30. The van der Waals surface area contributed by atoms with Crippen LogP contribution in [0.3, 0.4) is 0 Å². The normalized spacial score (nSPS) is 23.2. The van der Waals surface area contributed by atoms with Gasteiger partial charge in [-0.1, -0.05) is 0 Å². The maximum atomic E-state index is 4.37. The van der Waals surface area contributed by atoms with Gasteiger partial charge in [0.25, 0.3) is 0 Å². The summed E-state index contributed by atoms with van der Waals surface area (Å²) >= 11 is 0. The number of nitrogens with zero attached hydrogens (tertiary/aromatic N) is 3. The Morgan fingerprint density at radius 1 is 1.15 bits per heavy atom. The summed E-state index contributed by atoms with van der Waals surface area (Å²) in [7, 11) is 0. The molecule has 0 spiro atoms. The van der Waals surface area contributed by atoms with Crippen molar-refractivity contribution in [3.8, 4) is 0 Å². The molecule has 0 unspecified atom stereocenters. The number of hydrogen-bond donors (Lipinski definition) is 1. The molecule has 112 valence electrons. The van der Waals surface area contributed by atoms with E-state index in [0.717, 1.165) is 24.9 Å². The SMILES string of the molecule is CCn1nccc1CN1CCC(C2CCNCC2)CC1. The minimum Gasteiger partial charge on any atom is -0.317 e. The monoisotopic (exact) mass is 276 g/mol. The second kappa shape index (κ2) is 6.72. The summed E-state index contributed by atoms with van der Waals surface area (Å²) in [6.45, 7) is 9.23. The van der Waals surface area contributed by atoms with Gasteiger partial charge in [-0.3, -0.25) is 9.58 Å². The Kier molecular flexibility index (Phi) is 4.73. The van der Waals surface area contributed by atoms with Gasteiger partial charge in [-0.25, -0.2) is 0 Å². The van der Waals surface area contributed by atoms with E-state index in [9.17, 15) is 0 Å². The third-order valence-corrected chi connectivity index (χ3v) is 5.17. The van der Waals surface area contributed by atoms with Gasteiger partial charge < -0.3 is 5.32 Å². The lowest BCUT2D eigenvalue weighted by atomic mass is 9.79. The summed E-state index contributed by atoms with van der Waals surface area (Å²) in [5.74, 6) is 1.96. The van der Waals surface area contributed by atoms with Crippen molar-refractivity contribution < 1.29 is 0 Å². The molecule has 0 aliphatic carbocycles. The topological polar surface area (TPSA) is 33.1 Å². The van der Waals surface area contributed by atoms with Crippen molar-refractivity contribution in [2.24, 2.45) is 11.8 Å². The van der Waals surface area contributed by atoms with Crippen molar-refractivity contribution in [1.29, 1.82) is 0 Å². The second-order valence-corrected chi connectivity index (χ2v) is 6.34. The van der Waals surface area contributed by atoms with Gasteiger partial charge in [0.05, 0.1) is 5.69 Å². The molecule has 2 saturated heterocycles. The molecule has 2 aliphatic rings. The highest BCUT2D eigenvalue weighted by atomic mass is 15.3. The van der Waals surface area contributed by atoms with Gasteiger partial charge in [-0.2, -0.15) is 5.10 Å². The molecule has 0 radical (unpaired) electrons. The Morgan fingerprint density at radius 2 is 1.85 bits per heavy atom. The number of rotatable bonds is 4. The van der Waals surface area contributed by atoms with Crippen LogP contribution >= 0.6 is 0 Å². The van der Waals surface area contributed by atoms with Gasteiger partial charge in [0.1, 0.15) is 0 Å². The summed E-state index contributed by atoms with van der Waals surface area (Å²) in [6.07, 6.45) is 7.51. The Balaban J connectivity index is 1.48. The highest BCUT2D eigenvalue weighted by Gasteiger charge is 2.27. The summed E-state index contributed by atoms with van der Waals surface area (Å²) < 4.78 is 2.12. The minimum atomic E-state index is 0.976. The number of piperidine rings is 2. The van der Waals surface area contributed by atoms with E-state index in [1.807, 2.05) is 6.20 Å². The predicted molar refractivity (Wildman–Crippen MR) is 81.5 cm³/mol. The van der Waals surface area contributed by atoms with Crippen LogP contribution in [0.2, 0.25) is 0 Å². The fourth-order valence-corrected chi connectivity index (χ4v) is 3.91. The zero-order valence-electron chi connectivity index (χ0n) is 12.7. The summed E-state index contributed by atoms with van der Waals surface area (Å²) in [6, 6.07) is 2.17. The van der Waals surface area contributed by atoms with Crippen molar-refractivity contribution in [2.75, 3.05) is 26.2 Å². The molecule has 1 aromatic rings. The van der Waals surface area contributed by atoms with Gasteiger partial charge in [0.2, 0.25) is 0 Å². The van der Waals surface area contributed by atoms with Crippen LogP contribution in [0.4, 0.5) is 0 Å². The minimum absolute atomic E-state index is 0.976. The third-order valence-electron chi connectivity index (χ3n) is 5.17. The maximum absolute atomic E-state index is 4.37. The summed E-state index contributed by atoms with van der Waals surface area (Å²) in [4.78, 5) is 2.61. The van der Waals surface area contributed by atoms with E-state index in [-0.39, 0.29) is 0 Å². The number of aromatic nitrogens is 2. The van der Waals surface area contributed by atoms with Crippen LogP contribution in [-0.4, -0.2) is 40.9 Å². The molecular weight excluding hydrogens is 248 g/mol. The van der Waals surface area contributed by atoms with E-state index in [1.165, 1.54) is 57.6 Å². The highest BCUT2D eigenvalue weighted by molar-refractivity contribution is 5.00. The molecule has 0 saturated carbocycles. The Morgan fingerprint density at radius 3 is 2.55 bits per heavy atom. The fourth-order valence-electron chi connectivity index (χ4n) is 3.91. The predicted octanol–water partition coefficient (Wildman–Crippen LogP) is 2.11. The zero-order valence-corrected chi connectivity index (χ0v) is 12.7. The number of likely N-dealkylation sites (tertiary alicyclic amines) is 1. The molecule has 0 atom stereocenters. The van der Waals surface area contributed by atoms with E-state index < -0.39 is 0 Å². The number of aryl methyl sites for hydroxylation is 1. The van der Waals surface area contributed by atoms with Crippen LogP contribution in [0.5, 0.6) is 0 Å². The van der Waals surface area contributed by atoms with E-state index >= 15 is 0 Å². The van der Waals surface area contributed by atoms with E-state index in [1.54, 1.807) is 0 Å². The Labute approximate surface area is 122 Å².